The Labute approximate surface area is 286 Å². The Morgan fingerprint density at radius 1 is 0.681 bits per heavy atom. The minimum absolute atomic E-state index is 0.00695. The number of carbonyl (C=O) groups is 2. The maximum absolute atomic E-state index is 12.5. The van der Waals surface area contributed by atoms with E-state index in [0.29, 0.717) is 17.4 Å². The number of likely N-dealkylation sites (N-methyl/N-ethyl adjacent to an activating group) is 1. The van der Waals surface area contributed by atoms with Crippen molar-refractivity contribution >= 4 is 19.8 Å². The van der Waals surface area contributed by atoms with Crippen LogP contribution in [-0.2, 0) is 32.7 Å². The molecule has 0 aromatic carbocycles. The first-order valence-electron chi connectivity index (χ1n) is 17.5. The standard InChI is InChI=1S/C37H64NO8P/c1-6-8-10-12-14-16-17-18-19-20-21-22-24-26-28-30-37(40)46-35(34-45-47(41,42)44-32-31-38(3,4)5)33-43-36(39)29-27-25-23-15-13-11-9-7-2/h8,10,14,16,18-19,21-22,26,28,35H,6-7,9,11-13,15,17,20,23-25,27,29-34H2,1-5H3/p+1/b10-8-,16-14-,19-18-,22-21-,28-26-. The Kier molecular flexibility index (Phi) is 28.4. The Hall–Kier alpha value is -2.29. The van der Waals surface area contributed by atoms with Crippen molar-refractivity contribution in [3.63, 3.8) is 0 Å². The summed E-state index contributed by atoms with van der Waals surface area (Å²) in [5.41, 5.74) is 0. The fourth-order valence-electron chi connectivity index (χ4n) is 4.09. The minimum atomic E-state index is -4.39. The molecule has 0 aliphatic rings. The van der Waals surface area contributed by atoms with Crippen LogP contribution >= 0.6 is 7.82 Å². The number of carbonyl (C=O) groups excluding carboxylic acids is 2. The third kappa shape index (κ3) is 33.4. The average Bonchev–Trinajstić information content (AvgIpc) is 3.01. The molecule has 0 heterocycles. The van der Waals surface area contributed by atoms with Crippen LogP contribution in [-0.4, -0.2) is 74.9 Å². The summed E-state index contributed by atoms with van der Waals surface area (Å²) in [4.78, 5) is 34.9. The molecule has 9 nitrogen and oxygen atoms in total. The van der Waals surface area contributed by atoms with Gasteiger partial charge in [-0.1, -0.05) is 120 Å². The van der Waals surface area contributed by atoms with Crippen molar-refractivity contribution in [3.8, 4) is 0 Å². The number of ether oxygens (including phenoxy) is 2. The highest BCUT2D eigenvalue weighted by atomic mass is 31.2. The lowest BCUT2D eigenvalue weighted by Crippen LogP contribution is -2.37. The van der Waals surface area contributed by atoms with Crippen molar-refractivity contribution < 1.29 is 42.1 Å². The molecule has 0 rings (SSSR count). The van der Waals surface area contributed by atoms with E-state index in [4.69, 9.17) is 18.5 Å². The molecular formula is C37H65NO8P+. The van der Waals surface area contributed by atoms with Gasteiger partial charge < -0.3 is 18.9 Å². The average molecular weight is 683 g/mol. The summed E-state index contributed by atoms with van der Waals surface area (Å²) in [5.74, 6) is -0.959. The third-order valence-corrected chi connectivity index (χ3v) is 7.83. The van der Waals surface area contributed by atoms with Crippen molar-refractivity contribution in [1.29, 1.82) is 0 Å². The first kappa shape index (κ1) is 44.7. The Balaban J connectivity index is 4.66. The molecule has 0 saturated carbocycles. The second-order valence-electron chi connectivity index (χ2n) is 12.5. The van der Waals surface area contributed by atoms with Crippen LogP contribution in [0, 0.1) is 0 Å². The molecule has 0 fully saturated rings. The molecule has 270 valence electrons. The van der Waals surface area contributed by atoms with Gasteiger partial charge in [0, 0.05) is 6.42 Å². The first-order chi connectivity index (χ1) is 22.5. The lowest BCUT2D eigenvalue weighted by Gasteiger charge is -2.24. The van der Waals surface area contributed by atoms with Gasteiger partial charge in [-0.3, -0.25) is 18.6 Å². The van der Waals surface area contributed by atoms with Gasteiger partial charge in [-0.05, 0) is 38.5 Å². The fourth-order valence-corrected chi connectivity index (χ4v) is 4.83. The molecule has 0 radical (unpaired) electrons. The van der Waals surface area contributed by atoms with E-state index in [2.05, 4.69) is 56.4 Å². The van der Waals surface area contributed by atoms with E-state index >= 15 is 0 Å². The van der Waals surface area contributed by atoms with Crippen LogP contribution < -0.4 is 0 Å². The topological polar surface area (TPSA) is 108 Å². The summed E-state index contributed by atoms with van der Waals surface area (Å²) in [6.45, 7) is 4.11. The molecule has 0 aliphatic heterocycles. The van der Waals surface area contributed by atoms with E-state index < -0.39 is 32.5 Å². The van der Waals surface area contributed by atoms with Crippen LogP contribution in [0.15, 0.2) is 60.8 Å². The van der Waals surface area contributed by atoms with Gasteiger partial charge in [-0.15, -0.1) is 0 Å². The lowest BCUT2D eigenvalue weighted by molar-refractivity contribution is -0.870. The van der Waals surface area contributed by atoms with E-state index in [0.717, 1.165) is 44.9 Å². The number of nitrogens with zero attached hydrogens (tertiary/aromatic N) is 1. The van der Waals surface area contributed by atoms with Crippen LogP contribution in [0.2, 0.25) is 0 Å². The molecule has 2 atom stereocenters. The summed E-state index contributed by atoms with van der Waals surface area (Å²) < 4.78 is 33.8. The molecule has 0 bridgehead atoms. The van der Waals surface area contributed by atoms with Gasteiger partial charge in [0.1, 0.15) is 19.8 Å². The SMILES string of the molecule is CC/C=C\C/C=C\C/C=C\C/C=C\C/C=C\CC(=O)OC(COC(=O)CCCCCCCCCC)COP(=O)(O)OCC[N+](C)(C)C. The summed E-state index contributed by atoms with van der Waals surface area (Å²) in [7, 11) is 1.41. The zero-order valence-corrected chi connectivity index (χ0v) is 30.9. The highest BCUT2D eigenvalue weighted by Crippen LogP contribution is 2.43. The van der Waals surface area contributed by atoms with Gasteiger partial charge in [0.25, 0.3) is 0 Å². The summed E-state index contributed by atoms with van der Waals surface area (Å²) in [6, 6.07) is 0. The van der Waals surface area contributed by atoms with Crippen molar-refractivity contribution in [3.05, 3.63) is 60.8 Å². The number of unbranched alkanes of at least 4 members (excludes halogenated alkanes) is 7. The van der Waals surface area contributed by atoms with Crippen LogP contribution in [0.1, 0.15) is 110 Å². The van der Waals surface area contributed by atoms with Gasteiger partial charge in [-0.25, -0.2) is 4.57 Å². The van der Waals surface area contributed by atoms with Gasteiger partial charge in [0.05, 0.1) is 34.2 Å². The van der Waals surface area contributed by atoms with Crippen LogP contribution in [0.5, 0.6) is 0 Å². The van der Waals surface area contributed by atoms with Gasteiger partial charge in [0.2, 0.25) is 0 Å². The summed E-state index contributed by atoms with van der Waals surface area (Å²) in [5, 5.41) is 0. The monoisotopic (exact) mass is 682 g/mol. The number of phosphoric acid groups is 1. The van der Waals surface area contributed by atoms with E-state index in [1.165, 1.54) is 32.1 Å². The molecule has 1 N–H and O–H groups in total. The molecule has 0 aliphatic carbocycles. The fraction of sp³-hybridized carbons (Fsp3) is 0.676. The number of hydrogen-bond acceptors (Lipinski definition) is 7. The van der Waals surface area contributed by atoms with Crippen LogP contribution in [0.3, 0.4) is 0 Å². The smallest absolute Gasteiger partial charge is 0.462 e. The highest BCUT2D eigenvalue weighted by molar-refractivity contribution is 7.47. The molecule has 0 aromatic heterocycles. The predicted octanol–water partition coefficient (Wildman–Crippen LogP) is 8.95. The van der Waals surface area contributed by atoms with Crippen molar-refractivity contribution in [1.82, 2.24) is 0 Å². The number of hydrogen-bond donors (Lipinski definition) is 1. The second-order valence-corrected chi connectivity index (χ2v) is 14.0. The number of rotatable bonds is 30. The van der Waals surface area contributed by atoms with Crippen molar-refractivity contribution in [2.24, 2.45) is 0 Å². The first-order valence-corrected chi connectivity index (χ1v) is 19.0. The number of allylic oxidation sites excluding steroid dienone is 9. The molecule has 0 spiro atoms. The maximum atomic E-state index is 12.5. The normalized spacial score (nSPS) is 14.6. The summed E-state index contributed by atoms with van der Waals surface area (Å²) >= 11 is 0. The molecule has 0 saturated heterocycles. The predicted molar refractivity (Wildman–Crippen MR) is 192 cm³/mol. The van der Waals surface area contributed by atoms with E-state index in [1.54, 1.807) is 6.08 Å². The number of quaternary nitrogens is 1. The second kappa shape index (κ2) is 29.8. The molecular weight excluding hydrogens is 617 g/mol. The molecule has 0 aromatic rings. The number of esters is 2. The zero-order valence-electron chi connectivity index (χ0n) is 30.0. The van der Waals surface area contributed by atoms with Crippen molar-refractivity contribution in [2.45, 2.75) is 116 Å². The van der Waals surface area contributed by atoms with Gasteiger partial charge >= 0.3 is 19.8 Å². The Morgan fingerprint density at radius 3 is 1.72 bits per heavy atom. The van der Waals surface area contributed by atoms with E-state index in [1.807, 2.05) is 33.3 Å². The maximum Gasteiger partial charge on any atom is 0.472 e. The summed E-state index contributed by atoms with van der Waals surface area (Å²) in [6.07, 6.45) is 33.2. The van der Waals surface area contributed by atoms with Gasteiger partial charge in [0.15, 0.2) is 6.10 Å². The molecule has 0 amide bonds. The van der Waals surface area contributed by atoms with E-state index in [9.17, 15) is 19.0 Å². The van der Waals surface area contributed by atoms with E-state index in [-0.39, 0.29) is 26.1 Å². The molecule has 47 heavy (non-hydrogen) atoms. The van der Waals surface area contributed by atoms with Crippen LogP contribution in [0.25, 0.3) is 0 Å². The Morgan fingerprint density at radius 2 is 1.19 bits per heavy atom. The van der Waals surface area contributed by atoms with Gasteiger partial charge in [-0.2, -0.15) is 0 Å². The zero-order chi connectivity index (χ0) is 35.1. The number of phosphoric ester groups is 1. The lowest BCUT2D eigenvalue weighted by atomic mass is 10.1. The largest absolute Gasteiger partial charge is 0.472 e. The minimum Gasteiger partial charge on any atom is -0.462 e. The van der Waals surface area contributed by atoms with Crippen LogP contribution in [0.4, 0.5) is 0 Å². The van der Waals surface area contributed by atoms with Crippen molar-refractivity contribution in [2.75, 3.05) is 47.5 Å². The third-order valence-electron chi connectivity index (χ3n) is 6.85. The molecule has 10 heteroatoms. The highest BCUT2D eigenvalue weighted by Gasteiger charge is 2.26. The Bertz CT molecular complexity index is 997. The molecule has 2 unspecified atom stereocenters. The quantitative estimate of drug-likeness (QED) is 0.0263.